The van der Waals surface area contributed by atoms with Crippen LogP contribution in [0.5, 0.6) is 0 Å². The summed E-state index contributed by atoms with van der Waals surface area (Å²) in [6, 6.07) is 1.82. The minimum absolute atomic E-state index is 0.338. The number of anilines is 3. The van der Waals surface area contributed by atoms with E-state index in [0.717, 1.165) is 15.9 Å². The van der Waals surface area contributed by atoms with Gasteiger partial charge < -0.3 is 11.1 Å². The Bertz CT molecular complexity index is 562. The summed E-state index contributed by atoms with van der Waals surface area (Å²) in [6.07, 6.45) is 3.64. The highest BCUT2D eigenvalue weighted by molar-refractivity contribution is 9.10. The van der Waals surface area contributed by atoms with Crippen molar-refractivity contribution >= 4 is 33.1 Å². The third-order valence-corrected chi connectivity index (χ3v) is 2.97. The van der Waals surface area contributed by atoms with Crippen LogP contribution in [0.2, 0.25) is 0 Å². The predicted molar refractivity (Wildman–Crippen MR) is 76.9 cm³/mol. The number of rotatable bonds is 3. The van der Waals surface area contributed by atoms with Crippen molar-refractivity contribution in [2.75, 3.05) is 11.1 Å². The molecule has 0 radical (unpaired) electrons. The van der Waals surface area contributed by atoms with Gasteiger partial charge >= 0.3 is 0 Å². The lowest BCUT2D eigenvalue weighted by molar-refractivity contribution is 0.713. The van der Waals surface area contributed by atoms with Gasteiger partial charge in [-0.05, 0) is 27.9 Å². The molecule has 3 N–H and O–H groups in total. The molecule has 2 rings (SSSR count). The lowest BCUT2D eigenvalue weighted by Crippen LogP contribution is -2.01. The predicted octanol–water partition coefficient (Wildman–Crippen LogP) is 3.03. The normalized spacial score (nSPS) is 10.9. The summed E-state index contributed by atoms with van der Waals surface area (Å²) in [5.74, 6) is 0.985. The molecule has 0 aromatic carbocycles. The van der Waals surface area contributed by atoms with Crippen LogP contribution in [0.25, 0.3) is 0 Å². The molecular weight excluding hydrogens is 294 g/mol. The van der Waals surface area contributed by atoms with Gasteiger partial charge in [-0.25, -0.2) is 4.98 Å². The van der Waals surface area contributed by atoms with E-state index in [1.165, 1.54) is 0 Å². The van der Waals surface area contributed by atoms with Crippen LogP contribution in [-0.2, 0) is 7.05 Å². The Morgan fingerprint density at radius 2 is 2.17 bits per heavy atom. The third kappa shape index (κ3) is 2.64. The molecule has 96 valence electrons. The largest absolute Gasteiger partial charge is 0.396 e. The van der Waals surface area contributed by atoms with Gasteiger partial charge in [0.2, 0.25) is 0 Å². The number of nitrogens with zero attached hydrogens (tertiary/aromatic N) is 3. The van der Waals surface area contributed by atoms with Crippen molar-refractivity contribution < 1.29 is 0 Å². The van der Waals surface area contributed by atoms with Crippen LogP contribution in [-0.4, -0.2) is 14.8 Å². The van der Waals surface area contributed by atoms with E-state index < -0.39 is 0 Å². The molecule has 0 amide bonds. The Morgan fingerprint density at radius 3 is 2.78 bits per heavy atom. The lowest BCUT2D eigenvalue weighted by atomic mass is 10.1. The van der Waals surface area contributed by atoms with Gasteiger partial charge in [-0.1, -0.05) is 13.8 Å². The molecule has 2 heterocycles. The van der Waals surface area contributed by atoms with Crippen LogP contribution < -0.4 is 11.1 Å². The van der Waals surface area contributed by atoms with E-state index in [9.17, 15) is 0 Å². The van der Waals surface area contributed by atoms with Crippen molar-refractivity contribution in [3.05, 3.63) is 28.6 Å². The number of nitrogen functional groups attached to an aromatic ring is 1. The molecule has 0 aliphatic carbocycles. The molecule has 5 nitrogen and oxygen atoms in total. The quantitative estimate of drug-likeness (QED) is 0.914. The van der Waals surface area contributed by atoms with Gasteiger partial charge in [0.05, 0.1) is 17.1 Å². The van der Waals surface area contributed by atoms with Gasteiger partial charge in [-0.3, -0.25) is 4.68 Å². The molecule has 0 aliphatic rings. The zero-order valence-corrected chi connectivity index (χ0v) is 12.2. The number of hydrogen-bond donors (Lipinski definition) is 2. The van der Waals surface area contributed by atoms with E-state index in [2.05, 4.69) is 45.2 Å². The highest BCUT2D eigenvalue weighted by Crippen LogP contribution is 2.28. The molecule has 0 saturated heterocycles. The van der Waals surface area contributed by atoms with Crippen LogP contribution in [0, 0.1) is 0 Å². The van der Waals surface area contributed by atoms with E-state index in [1.807, 2.05) is 19.3 Å². The van der Waals surface area contributed by atoms with E-state index >= 15 is 0 Å². The Hall–Kier alpha value is -1.56. The van der Waals surface area contributed by atoms with Crippen molar-refractivity contribution in [3.8, 4) is 0 Å². The number of nitrogens with two attached hydrogens (primary N) is 1. The number of aryl methyl sites for hydroxylation is 1. The molecule has 0 bridgehead atoms. The highest BCUT2D eigenvalue weighted by atomic mass is 79.9. The molecule has 18 heavy (non-hydrogen) atoms. The summed E-state index contributed by atoms with van der Waals surface area (Å²) in [7, 11) is 1.90. The van der Waals surface area contributed by atoms with Crippen LogP contribution >= 0.6 is 15.9 Å². The summed E-state index contributed by atoms with van der Waals surface area (Å²) in [5, 5.41) is 7.66. The fourth-order valence-electron chi connectivity index (χ4n) is 1.72. The minimum atomic E-state index is 0.338. The lowest BCUT2D eigenvalue weighted by Gasteiger charge is -2.09. The third-order valence-electron chi connectivity index (χ3n) is 2.54. The standard InChI is InChI=1S/C12H16BrN5/c1-7(2)11-10(6-18(3)17-11)16-12-9(14)4-8(13)5-15-12/h4-7H,14H2,1-3H3,(H,15,16). The van der Waals surface area contributed by atoms with Gasteiger partial charge in [0.25, 0.3) is 0 Å². The number of nitrogens with one attached hydrogen (secondary N) is 1. The number of hydrogen-bond acceptors (Lipinski definition) is 4. The zero-order valence-electron chi connectivity index (χ0n) is 10.6. The average molecular weight is 310 g/mol. The van der Waals surface area contributed by atoms with E-state index in [0.29, 0.717) is 17.4 Å². The molecule has 0 atom stereocenters. The molecular formula is C12H16BrN5. The van der Waals surface area contributed by atoms with Crippen molar-refractivity contribution in [2.45, 2.75) is 19.8 Å². The van der Waals surface area contributed by atoms with Crippen LogP contribution in [0.4, 0.5) is 17.2 Å². The Labute approximate surface area is 115 Å². The van der Waals surface area contributed by atoms with E-state index in [4.69, 9.17) is 5.73 Å². The first-order valence-electron chi connectivity index (χ1n) is 5.69. The highest BCUT2D eigenvalue weighted by Gasteiger charge is 2.13. The SMILES string of the molecule is CC(C)c1nn(C)cc1Nc1ncc(Br)cc1N. The molecule has 0 saturated carbocycles. The first-order valence-corrected chi connectivity index (χ1v) is 6.48. The Balaban J connectivity index is 2.33. The van der Waals surface area contributed by atoms with Gasteiger partial charge in [-0.2, -0.15) is 5.10 Å². The maximum Gasteiger partial charge on any atom is 0.153 e. The van der Waals surface area contributed by atoms with Gasteiger partial charge in [0.1, 0.15) is 0 Å². The topological polar surface area (TPSA) is 68.8 Å². The Morgan fingerprint density at radius 1 is 1.44 bits per heavy atom. The fourth-order valence-corrected chi connectivity index (χ4v) is 2.06. The first kappa shape index (κ1) is 12.9. The fraction of sp³-hybridized carbons (Fsp3) is 0.333. The second kappa shape index (κ2) is 4.97. The average Bonchev–Trinajstić information content (AvgIpc) is 2.64. The van der Waals surface area contributed by atoms with Crippen molar-refractivity contribution in [1.29, 1.82) is 0 Å². The number of aromatic nitrogens is 3. The molecule has 0 aliphatic heterocycles. The molecule has 2 aromatic rings. The molecule has 2 aromatic heterocycles. The van der Waals surface area contributed by atoms with Gasteiger partial charge in [-0.15, -0.1) is 0 Å². The maximum absolute atomic E-state index is 5.92. The van der Waals surface area contributed by atoms with Crippen LogP contribution in [0.3, 0.4) is 0 Å². The van der Waals surface area contributed by atoms with Gasteiger partial charge in [0, 0.05) is 23.9 Å². The smallest absolute Gasteiger partial charge is 0.153 e. The van der Waals surface area contributed by atoms with Crippen molar-refractivity contribution in [1.82, 2.24) is 14.8 Å². The summed E-state index contributed by atoms with van der Waals surface area (Å²) in [5.41, 5.74) is 8.46. The van der Waals surface area contributed by atoms with Crippen molar-refractivity contribution in [3.63, 3.8) is 0 Å². The zero-order chi connectivity index (χ0) is 13.3. The van der Waals surface area contributed by atoms with Crippen molar-refractivity contribution in [2.24, 2.45) is 7.05 Å². The minimum Gasteiger partial charge on any atom is -0.396 e. The molecule has 0 fully saturated rings. The first-order chi connectivity index (χ1) is 8.47. The summed E-state index contributed by atoms with van der Waals surface area (Å²) in [6.45, 7) is 4.21. The Kier molecular flexibility index (Phi) is 3.56. The van der Waals surface area contributed by atoms with Crippen LogP contribution in [0.15, 0.2) is 22.9 Å². The summed E-state index contributed by atoms with van der Waals surface area (Å²) < 4.78 is 2.65. The maximum atomic E-state index is 5.92. The molecule has 0 spiro atoms. The van der Waals surface area contributed by atoms with Gasteiger partial charge in [0.15, 0.2) is 5.82 Å². The number of halogens is 1. The molecule has 0 unspecified atom stereocenters. The second-order valence-corrected chi connectivity index (χ2v) is 5.39. The summed E-state index contributed by atoms with van der Waals surface area (Å²) >= 11 is 3.34. The summed E-state index contributed by atoms with van der Waals surface area (Å²) in [4.78, 5) is 4.26. The number of pyridine rings is 1. The van der Waals surface area contributed by atoms with Crippen LogP contribution in [0.1, 0.15) is 25.5 Å². The molecule has 6 heteroatoms. The monoisotopic (exact) mass is 309 g/mol. The van der Waals surface area contributed by atoms with E-state index in [1.54, 1.807) is 10.9 Å². The second-order valence-electron chi connectivity index (χ2n) is 4.47. The van der Waals surface area contributed by atoms with E-state index in [-0.39, 0.29) is 0 Å².